The zero-order chi connectivity index (χ0) is 5.11. The van der Waals surface area contributed by atoms with Crippen LogP contribution < -0.4 is 0 Å². The fourth-order valence-electron chi connectivity index (χ4n) is 0.727. The van der Waals surface area contributed by atoms with Crippen molar-refractivity contribution in [1.29, 1.82) is 0 Å². The molecule has 1 atom stereocenters. The van der Waals surface area contributed by atoms with E-state index in [4.69, 9.17) is 4.74 Å². The number of thiol groups is 1. The van der Waals surface area contributed by atoms with Crippen molar-refractivity contribution in [3.05, 3.63) is 0 Å². The van der Waals surface area contributed by atoms with E-state index in [0.717, 1.165) is 24.9 Å². The summed E-state index contributed by atoms with van der Waals surface area (Å²) in [6, 6.07) is 0. The van der Waals surface area contributed by atoms with Crippen molar-refractivity contribution in [3.8, 4) is 0 Å². The molecule has 1 nitrogen and oxygen atoms in total. The molecule has 0 radical (unpaired) electrons. The Balaban J connectivity index is 2.14. The van der Waals surface area contributed by atoms with Crippen LogP contribution in [0, 0.1) is 5.92 Å². The van der Waals surface area contributed by atoms with Gasteiger partial charge < -0.3 is 4.74 Å². The van der Waals surface area contributed by atoms with Crippen molar-refractivity contribution in [1.82, 2.24) is 0 Å². The fraction of sp³-hybridized carbons (Fsp3) is 1.00. The number of hydrogen-bond donors (Lipinski definition) is 1. The maximum absolute atomic E-state index is 5.10. The molecule has 0 unspecified atom stereocenters. The smallest absolute Gasteiger partial charge is 0.0502 e. The molecular formula is C5H10OS. The standard InChI is InChI=1S/C5H10OS/c7-4-5-1-2-6-3-5/h5,7H,1-4H2/t5-/m1/s1. The third-order valence-corrected chi connectivity index (χ3v) is 1.80. The molecule has 1 aliphatic heterocycles. The molecule has 0 saturated carbocycles. The highest BCUT2D eigenvalue weighted by molar-refractivity contribution is 7.80. The quantitative estimate of drug-likeness (QED) is 0.504. The Hall–Kier alpha value is 0.310. The van der Waals surface area contributed by atoms with Gasteiger partial charge in [-0.3, -0.25) is 0 Å². The zero-order valence-electron chi connectivity index (χ0n) is 4.26. The van der Waals surface area contributed by atoms with Crippen LogP contribution >= 0.6 is 12.6 Å². The third kappa shape index (κ3) is 1.35. The summed E-state index contributed by atoms with van der Waals surface area (Å²) in [7, 11) is 0. The maximum Gasteiger partial charge on any atom is 0.0502 e. The fourth-order valence-corrected chi connectivity index (χ4v) is 1.02. The van der Waals surface area contributed by atoms with Gasteiger partial charge in [-0.1, -0.05) is 0 Å². The number of ether oxygens (including phenoxy) is 1. The van der Waals surface area contributed by atoms with Crippen LogP contribution in [0.4, 0.5) is 0 Å². The van der Waals surface area contributed by atoms with Crippen molar-refractivity contribution < 1.29 is 4.74 Å². The van der Waals surface area contributed by atoms with Crippen LogP contribution in [-0.2, 0) is 4.74 Å². The molecule has 1 saturated heterocycles. The lowest BCUT2D eigenvalue weighted by Gasteiger charge is -1.96. The molecular weight excluding hydrogens is 108 g/mol. The predicted molar refractivity (Wildman–Crippen MR) is 32.8 cm³/mol. The molecule has 1 fully saturated rings. The van der Waals surface area contributed by atoms with Gasteiger partial charge in [-0.15, -0.1) is 0 Å². The minimum Gasteiger partial charge on any atom is -0.381 e. The van der Waals surface area contributed by atoms with Crippen molar-refractivity contribution >= 4 is 12.6 Å². The second-order valence-electron chi connectivity index (χ2n) is 1.91. The van der Waals surface area contributed by atoms with Gasteiger partial charge >= 0.3 is 0 Å². The first kappa shape index (κ1) is 5.45. The lowest BCUT2D eigenvalue weighted by molar-refractivity contribution is 0.189. The number of rotatable bonds is 1. The molecule has 0 amide bonds. The molecule has 0 aromatic carbocycles. The third-order valence-electron chi connectivity index (χ3n) is 1.28. The van der Waals surface area contributed by atoms with Gasteiger partial charge in [0.25, 0.3) is 0 Å². The molecule has 0 aliphatic carbocycles. The second kappa shape index (κ2) is 2.58. The van der Waals surface area contributed by atoms with Crippen LogP contribution in [0.2, 0.25) is 0 Å². The molecule has 0 N–H and O–H groups in total. The van der Waals surface area contributed by atoms with E-state index in [1.54, 1.807) is 0 Å². The highest BCUT2D eigenvalue weighted by Crippen LogP contribution is 2.12. The van der Waals surface area contributed by atoms with Crippen molar-refractivity contribution in [3.63, 3.8) is 0 Å². The maximum atomic E-state index is 5.10. The topological polar surface area (TPSA) is 9.23 Å². The van der Waals surface area contributed by atoms with E-state index in [9.17, 15) is 0 Å². The Labute approximate surface area is 49.5 Å². The average molecular weight is 118 g/mol. The largest absolute Gasteiger partial charge is 0.381 e. The minimum atomic E-state index is 0.739. The summed E-state index contributed by atoms with van der Waals surface area (Å²) in [6.45, 7) is 1.88. The molecule has 0 aromatic rings. The van der Waals surface area contributed by atoms with E-state index < -0.39 is 0 Å². The molecule has 1 rings (SSSR count). The van der Waals surface area contributed by atoms with Gasteiger partial charge in [0.05, 0.1) is 6.61 Å². The monoisotopic (exact) mass is 118 g/mol. The summed E-state index contributed by atoms with van der Waals surface area (Å²) in [4.78, 5) is 0. The Morgan fingerprint density at radius 2 is 2.57 bits per heavy atom. The lowest BCUT2D eigenvalue weighted by Crippen LogP contribution is -1.98. The van der Waals surface area contributed by atoms with Crippen LogP contribution in [0.15, 0.2) is 0 Å². The van der Waals surface area contributed by atoms with Crippen molar-refractivity contribution in [2.24, 2.45) is 5.92 Å². The van der Waals surface area contributed by atoms with Crippen LogP contribution in [0.25, 0.3) is 0 Å². The van der Waals surface area contributed by atoms with Gasteiger partial charge in [0.2, 0.25) is 0 Å². The average Bonchev–Trinajstić information content (AvgIpc) is 2.14. The molecule has 7 heavy (non-hydrogen) atoms. The van der Waals surface area contributed by atoms with Gasteiger partial charge in [-0.25, -0.2) is 0 Å². The van der Waals surface area contributed by atoms with Crippen LogP contribution in [0.3, 0.4) is 0 Å². The van der Waals surface area contributed by atoms with Gasteiger partial charge in [-0.2, -0.15) is 12.6 Å². The highest BCUT2D eigenvalue weighted by Gasteiger charge is 2.12. The predicted octanol–water partition coefficient (Wildman–Crippen LogP) is 0.953. The number of hydrogen-bond acceptors (Lipinski definition) is 2. The Kier molecular flexibility index (Phi) is 2.00. The summed E-state index contributed by atoms with van der Waals surface area (Å²) in [5, 5.41) is 0. The Morgan fingerprint density at radius 1 is 1.71 bits per heavy atom. The van der Waals surface area contributed by atoms with E-state index in [1.165, 1.54) is 6.42 Å². The lowest BCUT2D eigenvalue weighted by atomic mass is 10.2. The van der Waals surface area contributed by atoms with E-state index in [2.05, 4.69) is 12.6 Å². The minimum absolute atomic E-state index is 0.739. The highest BCUT2D eigenvalue weighted by atomic mass is 32.1. The molecule has 0 spiro atoms. The molecule has 0 bridgehead atoms. The summed E-state index contributed by atoms with van der Waals surface area (Å²) in [5.74, 6) is 1.73. The normalized spacial score (nSPS) is 31.3. The van der Waals surface area contributed by atoms with E-state index in [-0.39, 0.29) is 0 Å². The van der Waals surface area contributed by atoms with Crippen LogP contribution in [0.5, 0.6) is 0 Å². The van der Waals surface area contributed by atoms with Gasteiger partial charge in [0, 0.05) is 6.61 Å². The van der Waals surface area contributed by atoms with E-state index in [1.807, 2.05) is 0 Å². The van der Waals surface area contributed by atoms with Crippen LogP contribution in [-0.4, -0.2) is 19.0 Å². The first-order chi connectivity index (χ1) is 3.43. The summed E-state index contributed by atoms with van der Waals surface area (Å²) in [5.41, 5.74) is 0. The van der Waals surface area contributed by atoms with Gasteiger partial charge in [0.15, 0.2) is 0 Å². The summed E-state index contributed by atoms with van der Waals surface area (Å²) >= 11 is 4.14. The van der Waals surface area contributed by atoms with E-state index in [0.29, 0.717) is 0 Å². The first-order valence-corrected chi connectivity index (χ1v) is 3.25. The molecule has 2 heteroatoms. The summed E-state index contributed by atoms with van der Waals surface area (Å²) < 4.78 is 5.10. The van der Waals surface area contributed by atoms with Crippen molar-refractivity contribution in [2.45, 2.75) is 6.42 Å². The molecule has 1 aliphatic rings. The van der Waals surface area contributed by atoms with Gasteiger partial charge in [-0.05, 0) is 18.1 Å². The Morgan fingerprint density at radius 3 is 2.86 bits per heavy atom. The summed E-state index contributed by atoms with van der Waals surface area (Å²) in [6.07, 6.45) is 1.21. The molecule has 42 valence electrons. The van der Waals surface area contributed by atoms with E-state index >= 15 is 0 Å². The Bertz CT molecular complexity index is 50.0. The zero-order valence-corrected chi connectivity index (χ0v) is 5.16. The first-order valence-electron chi connectivity index (χ1n) is 2.62. The molecule has 1 heterocycles. The van der Waals surface area contributed by atoms with Crippen LogP contribution in [0.1, 0.15) is 6.42 Å². The van der Waals surface area contributed by atoms with Gasteiger partial charge in [0.1, 0.15) is 0 Å². The van der Waals surface area contributed by atoms with Crippen molar-refractivity contribution in [2.75, 3.05) is 19.0 Å². The molecule has 0 aromatic heterocycles. The SMILES string of the molecule is SC[C@@H]1CCOC1. The second-order valence-corrected chi connectivity index (χ2v) is 2.28.